The van der Waals surface area contributed by atoms with Crippen LogP contribution in [0.25, 0.3) is 0 Å². The lowest BCUT2D eigenvalue weighted by Gasteiger charge is -2.36. The number of aromatic nitrogens is 2. The molecular formula is C21H29N3O3. The highest BCUT2D eigenvalue weighted by molar-refractivity contribution is 5.45. The molecule has 6 heteroatoms. The van der Waals surface area contributed by atoms with Gasteiger partial charge in [0.05, 0.1) is 11.8 Å². The molecule has 0 amide bonds. The molecule has 0 saturated carbocycles. The van der Waals surface area contributed by atoms with Gasteiger partial charge in [0, 0.05) is 36.3 Å². The van der Waals surface area contributed by atoms with Crippen LogP contribution in [0.5, 0.6) is 11.5 Å². The topological polar surface area (TPSA) is 59.8 Å². The molecule has 0 aliphatic carbocycles. The van der Waals surface area contributed by atoms with E-state index >= 15 is 0 Å². The van der Waals surface area contributed by atoms with E-state index in [0.717, 1.165) is 42.3 Å². The first-order valence-corrected chi connectivity index (χ1v) is 9.78. The van der Waals surface area contributed by atoms with Crippen LogP contribution in [-0.2, 0) is 6.54 Å². The monoisotopic (exact) mass is 371 g/mol. The van der Waals surface area contributed by atoms with Gasteiger partial charge in [0.1, 0.15) is 0 Å². The van der Waals surface area contributed by atoms with Crippen LogP contribution < -0.4 is 9.47 Å². The molecule has 0 spiro atoms. The molecule has 2 atom stereocenters. The number of aliphatic hydroxyl groups is 1. The lowest BCUT2D eigenvalue weighted by atomic mass is 9.86. The highest BCUT2D eigenvalue weighted by atomic mass is 16.7. The van der Waals surface area contributed by atoms with Crippen LogP contribution in [-0.4, -0.2) is 45.8 Å². The summed E-state index contributed by atoms with van der Waals surface area (Å²) in [5.41, 5.74) is 4.74. The molecule has 2 aliphatic rings. The van der Waals surface area contributed by atoms with Gasteiger partial charge in [-0.2, -0.15) is 5.10 Å². The van der Waals surface area contributed by atoms with Gasteiger partial charge in [-0.3, -0.25) is 9.58 Å². The molecule has 146 valence electrons. The Morgan fingerprint density at radius 1 is 1.22 bits per heavy atom. The summed E-state index contributed by atoms with van der Waals surface area (Å²) in [6.07, 6.45) is 0.539. The van der Waals surface area contributed by atoms with E-state index in [4.69, 9.17) is 14.6 Å². The Bertz CT molecular complexity index is 830. The van der Waals surface area contributed by atoms with Crippen molar-refractivity contribution < 1.29 is 14.6 Å². The van der Waals surface area contributed by atoms with Gasteiger partial charge in [-0.05, 0) is 58.4 Å². The molecule has 1 N–H and O–H groups in total. The first-order chi connectivity index (χ1) is 12.9. The van der Waals surface area contributed by atoms with Gasteiger partial charge < -0.3 is 14.6 Å². The fraction of sp³-hybridized carbons (Fsp3) is 0.571. The highest BCUT2D eigenvalue weighted by Crippen LogP contribution is 2.37. The normalized spacial score (nSPS) is 22.6. The van der Waals surface area contributed by atoms with Crippen LogP contribution in [0.15, 0.2) is 18.2 Å². The van der Waals surface area contributed by atoms with E-state index in [1.54, 1.807) is 0 Å². The summed E-state index contributed by atoms with van der Waals surface area (Å²) in [6, 6.07) is 6.38. The van der Waals surface area contributed by atoms with E-state index in [1.165, 1.54) is 11.3 Å². The average molecular weight is 371 g/mol. The molecule has 2 aliphatic heterocycles. The minimum atomic E-state index is -0.389. The summed E-state index contributed by atoms with van der Waals surface area (Å²) >= 11 is 0. The molecule has 0 unspecified atom stereocenters. The van der Waals surface area contributed by atoms with Crippen molar-refractivity contribution in [3.05, 3.63) is 40.7 Å². The van der Waals surface area contributed by atoms with E-state index in [-0.39, 0.29) is 18.8 Å². The Morgan fingerprint density at radius 3 is 2.70 bits per heavy atom. The fourth-order valence-corrected chi connectivity index (χ4v) is 4.33. The standard InChI is InChI=1S/C21H29N3O3/c1-13(2)24-15(4)18(14(3)22-24)10-23-8-7-17(19(25)11-23)16-5-6-20-21(9-16)27-12-26-20/h5-6,9,13,17,19,25H,7-8,10-12H2,1-4H3/t17-,19+/m0/s1. The third-order valence-corrected chi connectivity index (χ3v) is 5.84. The van der Waals surface area contributed by atoms with Gasteiger partial charge in [0.15, 0.2) is 11.5 Å². The number of rotatable bonds is 4. The third kappa shape index (κ3) is 3.44. The summed E-state index contributed by atoms with van der Waals surface area (Å²) < 4.78 is 13.0. The molecule has 3 heterocycles. The van der Waals surface area contributed by atoms with Crippen molar-refractivity contribution in [2.45, 2.75) is 58.7 Å². The van der Waals surface area contributed by atoms with Gasteiger partial charge in [0.2, 0.25) is 6.79 Å². The molecule has 2 aromatic rings. The van der Waals surface area contributed by atoms with Crippen LogP contribution in [0.4, 0.5) is 0 Å². The maximum Gasteiger partial charge on any atom is 0.231 e. The van der Waals surface area contributed by atoms with Gasteiger partial charge in [-0.1, -0.05) is 6.07 Å². The summed E-state index contributed by atoms with van der Waals surface area (Å²) in [6.45, 7) is 11.3. The molecular weight excluding hydrogens is 342 g/mol. The zero-order chi connectivity index (χ0) is 19.1. The summed E-state index contributed by atoms with van der Waals surface area (Å²) in [5, 5.41) is 15.5. The van der Waals surface area contributed by atoms with E-state index in [0.29, 0.717) is 12.6 Å². The number of fused-ring (bicyclic) bond motifs is 1. The van der Waals surface area contributed by atoms with Crippen molar-refractivity contribution >= 4 is 0 Å². The second-order valence-electron chi connectivity index (χ2n) is 8.00. The second-order valence-corrected chi connectivity index (χ2v) is 8.00. The van der Waals surface area contributed by atoms with Crippen LogP contribution >= 0.6 is 0 Å². The van der Waals surface area contributed by atoms with E-state index < -0.39 is 0 Å². The van der Waals surface area contributed by atoms with Crippen LogP contribution in [0.1, 0.15) is 54.7 Å². The highest BCUT2D eigenvalue weighted by Gasteiger charge is 2.31. The number of hydrogen-bond donors (Lipinski definition) is 1. The Balaban J connectivity index is 1.45. The smallest absolute Gasteiger partial charge is 0.231 e. The molecule has 1 saturated heterocycles. The van der Waals surface area contributed by atoms with Gasteiger partial charge in [-0.15, -0.1) is 0 Å². The Hall–Kier alpha value is -2.05. The van der Waals surface area contributed by atoms with Crippen LogP contribution in [0.3, 0.4) is 0 Å². The predicted octanol–water partition coefficient (Wildman–Crippen LogP) is 3.16. The molecule has 27 heavy (non-hydrogen) atoms. The quantitative estimate of drug-likeness (QED) is 0.895. The lowest BCUT2D eigenvalue weighted by Crippen LogP contribution is -2.42. The average Bonchev–Trinajstić information content (AvgIpc) is 3.21. The number of β-amino-alcohol motifs (C(OH)–C–C–N with tert-alkyl or cyclic N) is 1. The van der Waals surface area contributed by atoms with Crippen molar-refractivity contribution in [1.82, 2.24) is 14.7 Å². The largest absolute Gasteiger partial charge is 0.454 e. The van der Waals surface area contributed by atoms with Crippen LogP contribution in [0.2, 0.25) is 0 Å². The Kier molecular flexibility index (Phi) is 4.86. The second kappa shape index (κ2) is 7.17. The molecule has 6 nitrogen and oxygen atoms in total. The molecule has 1 fully saturated rings. The first kappa shape index (κ1) is 18.3. The van der Waals surface area contributed by atoms with Crippen LogP contribution in [0, 0.1) is 13.8 Å². The SMILES string of the molecule is Cc1nn(C(C)C)c(C)c1CN1CC[C@@H](c2ccc3c(c2)OCO3)[C@H](O)C1. The maximum atomic E-state index is 10.8. The van der Waals surface area contributed by atoms with Gasteiger partial charge in [-0.25, -0.2) is 0 Å². The molecule has 1 aromatic heterocycles. The number of nitrogens with zero attached hydrogens (tertiary/aromatic N) is 3. The zero-order valence-electron chi connectivity index (χ0n) is 16.6. The van der Waals surface area contributed by atoms with E-state index in [9.17, 15) is 5.11 Å². The number of aliphatic hydroxyl groups excluding tert-OH is 1. The van der Waals surface area contributed by atoms with Crippen molar-refractivity contribution in [3.63, 3.8) is 0 Å². The van der Waals surface area contributed by atoms with Crippen molar-refractivity contribution in [1.29, 1.82) is 0 Å². The summed E-state index contributed by atoms with van der Waals surface area (Å²) in [5.74, 6) is 1.71. The minimum absolute atomic E-state index is 0.135. The lowest BCUT2D eigenvalue weighted by molar-refractivity contribution is 0.0474. The molecule has 1 aromatic carbocycles. The summed E-state index contributed by atoms with van der Waals surface area (Å²) in [4.78, 5) is 2.34. The minimum Gasteiger partial charge on any atom is -0.454 e. The Labute approximate surface area is 160 Å². The predicted molar refractivity (Wildman–Crippen MR) is 103 cm³/mol. The number of hydrogen-bond acceptors (Lipinski definition) is 5. The first-order valence-electron chi connectivity index (χ1n) is 9.78. The Morgan fingerprint density at radius 2 is 2.00 bits per heavy atom. The van der Waals surface area contributed by atoms with Crippen molar-refractivity contribution in [2.75, 3.05) is 19.9 Å². The molecule has 0 bridgehead atoms. The molecule has 4 rings (SSSR count). The number of piperidine rings is 1. The number of likely N-dealkylation sites (tertiary alicyclic amines) is 1. The van der Waals surface area contributed by atoms with Crippen molar-refractivity contribution in [2.24, 2.45) is 0 Å². The van der Waals surface area contributed by atoms with Gasteiger partial charge >= 0.3 is 0 Å². The van der Waals surface area contributed by atoms with Gasteiger partial charge in [0.25, 0.3) is 0 Å². The number of benzene rings is 1. The molecule has 0 radical (unpaired) electrons. The maximum absolute atomic E-state index is 10.8. The third-order valence-electron chi connectivity index (χ3n) is 5.84. The number of aryl methyl sites for hydroxylation is 1. The fourth-order valence-electron chi connectivity index (χ4n) is 4.33. The van der Waals surface area contributed by atoms with Crippen molar-refractivity contribution in [3.8, 4) is 11.5 Å². The van der Waals surface area contributed by atoms with E-state index in [2.05, 4.69) is 43.3 Å². The number of ether oxygens (including phenoxy) is 2. The summed E-state index contributed by atoms with van der Waals surface area (Å²) in [7, 11) is 0. The zero-order valence-corrected chi connectivity index (χ0v) is 16.6. The van der Waals surface area contributed by atoms with E-state index in [1.807, 2.05) is 12.1 Å².